The van der Waals surface area contributed by atoms with Crippen LogP contribution in [0.4, 0.5) is 0 Å². The van der Waals surface area contributed by atoms with Gasteiger partial charge in [-0.2, -0.15) is 0 Å². The van der Waals surface area contributed by atoms with Crippen molar-refractivity contribution in [1.82, 2.24) is 0 Å². The fraction of sp³-hybridized carbons (Fsp3) is 0.455. The van der Waals surface area contributed by atoms with E-state index in [0.29, 0.717) is 11.8 Å². The molecule has 0 N–H and O–H groups in total. The van der Waals surface area contributed by atoms with Crippen molar-refractivity contribution in [3.05, 3.63) is 71.8 Å². The molecule has 2 rings (SSSR count). The van der Waals surface area contributed by atoms with Crippen LogP contribution in [0.5, 0.6) is 0 Å². The Kier molecular flexibility index (Phi) is 4.80. The van der Waals surface area contributed by atoms with Crippen LogP contribution in [0.25, 0.3) is 0 Å². The average molecular weight is 294 g/mol. The molecule has 0 bridgehead atoms. The summed E-state index contributed by atoms with van der Waals surface area (Å²) in [6.45, 7) is 14.3. The van der Waals surface area contributed by atoms with Crippen LogP contribution >= 0.6 is 0 Å². The molecule has 0 aliphatic heterocycles. The van der Waals surface area contributed by atoms with Crippen LogP contribution in [0.15, 0.2) is 60.7 Å². The van der Waals surface area contributed by atoms with Crippen molar-refractivity contribution < 1.29 is 0 Å². The van der Waals surface area contributed by atoms with E-state index in [1.54, 1.807) is 0 Å². The highest BCUT2D eigenvalue weighted by molar-refractivity contribution is 5.39. The second kappa shape index (κ2) is 6.28. The van der Waals surface area contributed by atoms with Crippen LogP contribution in [0, 0.1) is 11.8 Å². The molecule has 0 aliphatic rings. The highest BCUT2D eigenvalue weighted by atomic mass is 14.5. The van der Waals surface area contributed by atoms with Crippen LogP contribution in [-0.2, 0) is 10.8 Å². The zero-order valence-electron chi connectivity index (χ0n) is 14.9. The maximum absolute atomic E-state index is 2.44. The summed E-state index contributed by atoms with van der Waals surface area (Å²) in [5, 5.41) is 0. The zero-order valence-corrected chi connectivity index (χ0v) is 14.9. The number of rotatable bonds is 5. The van der Waals surface area contributed by atoms with E-state index in [1.807, 2.05) is 0 Å². The lowest BCUT2D eigenvalue weighted by atomic mass is 9.50. The minimum atomic E-state index is 0.0732. The first-order valence-corrected chi connectivity index (χ1v) is 8.46. The molecular weight excluding hydrogens is 264 g/mol. The Hall–Kier alpha value is -1.56. The van der Waals surface area contributed by atoms with Gasteiger partial charge in [-0.3, -0.25) is 0 Å². The third-order valence-corrected chi connectivity index (χ3v) is 6.14. The molecule has 0 aliphatic carbocycles. The molecule has 22 heavy (non-hydrogen) atoms. The predicted molar refractivity (Wildman–Crippen MR) is 97.3 cm³/mol. The Balaban J connectivity index is 2.72. The van der Waals surface area contributed by atoms with Crippen molar-refractivity contribution in [2.45, 2.75) is 52.4 Å². The quantitative estimate of drug-likeness (QED) is 0.614. The van der Waals surface area contributed by atoms with E-state index in [1.165, 1.54) is 11.1 Å². The average Bonchev–Trinajstić information content (AvgIpc) is 2.54. The van der Waals surface area contributed by atoms with Gasteiger partial charge in [0.15, 0.2) is 0 Å². The largest absolute Gasteiger partial charge is 0.0622 e. The lowest BCUT2D eigenvalue weighted by molar-refractivity contribution is 0.131. The van der Waals surface area contributed by atoms with E-state index >= 15 is 0 Å². The third-order valence-electron chi connectivity index (χ3n) is 6.14. The van der Waals surface area contributed by atoms with Gasteiger partial charge in [0.1, 0.15) is 0 Å². The van der Waals surface area contributed by atoms with Gasteiger partial charge in [0.25, 0.3) is 0 Å². The van der Waals surface area contributed by atoms with Gasteiger partial charge in [-0.05, 0) is 23.0 Å². The second-order valence-electron chi connectivity index (χ2n) is 7.45. The van der Waals surface area contributed by atoms with E-state index in [9.17, 15) is 0 Å². The molecule has 0 aromatic heterocycles. The van der Waals surface area contributed by atoms with Crippen molar-refractivity contribution in [1.29, 1.82) is 0 Å². The summed E-state index contributed by atoms with van der Waals surface area (Å²) >= 11 is 0. The Bertz CT molecular complexity index is 526. The van der Waals surface area contributed by atoms with Crippen LogP contribution < -0.4 is 0 Å². The Morgan fingerprint density at radius 3 is 1.05 bits per heavy atom. The summed E-state index contributed by atoms with van der Waals surface area (Å²) in [4.78, 5) is 0. The lowest BCUT2D eigenvalue weighted by Gasteiger charge is -2.53. The smallest absolute Gasteiger partial charge is 0.00443 e. The standard InChI is InChI=1S/C22H30/c1-17(2)21(5,19-13-9-7-10-14-19)22(6,18(3)4)20-15-11-8-12-16-20/h7-18H,1-6H3/t21-,22+. The maximum atomic E-state index is 2.44. The molecule has 2 atom stereocenters. The minimum Gasteiger partial charge on any atom is -0.0622 e. The van der Waals surface area contributed by atoms with Gasteiger partial charge in [0.2, 0.25) is 0 Å². The Morgan fingerprint density at radius 1 is 0.545 bits per heavy atom. The predicted octanol–water partition coefficient (Wildman–Crippen LogP) is 6.21. The van der Waals surface area contributed by atoms with Gasteiger partial charge in [-0.1, -0.05) is 102 Å². The molecular formula is C22H30. The first-order chi connectivity index (χ1) is 10.3. The number of hydrogen-bond acceptors (Lipinski definition) is 0. The number of benzene rings is 2. The highest BCUT2D eigenvalue weighted by Gasteiger charge is 2.50. The lowest BCUT2D eigenvalue weighted by Crippen LogP contribution is -2.52. The van der Waals surface area contributed by atoms with Gasteiger partial charge < -0.3 is 0 Å². The molecule has 0 amide bonds. The second-order valence-corrected chi connectivity index (χ2v) is 7.45. The summed E-state index contributed by atoms with van der Waals surface area (Å²) in [5.74, 6) is 1.09. The minimum absolute atomic E-state index is 0.0732. The maximum Gasteiger partial charge on any atom is 0.00443 e. The van der Waals surface area contributed by atoms with Gasteiger partial charge in [0.05, 0.1) is 0 Å². The normalized spacial score (nSPS) is 17.3. The van der Waals surface area contributed by atoms with Crippen molar-refractivity contribution in [3.8, 4) is 0 Å². The van der Waals surface area contributed by atoms with E-state index < -0.39 is 0 Å². The van der Waals surface area contributed by atoms with Crippen molar-refractivity contribution in [2.24, 2.45) is 11.8 Å². The van der Waals surface area contributed by atoms with Crippen molar-refractivity contribution in [3.63, 3.8) is 0 Å². The fourth-order valence-electron chi connectivity index (χ4n) is 4.03. The van der Waals surface area contributed by atoms with Crippen LogP contribution in [0.2, 0.25) is 0 Å². The summed E-state index contributed by atoms with van der Waals surface area (Å²) < 4.78 is 0. The van der Waals surface area contributed by atoms with Crippen molar-refractivity contribution in [2.75, 3.05) is 0 Å². The summed E-state index contributed by atoms with van der Waals surface area (Å²) in [5.41, 5.74) is 3.02. The van der Waals surface area contributed by atoms with Crippen LogP contribution in [0.1, 0.15) is 52.7 Å². The van der Waals surface area contributed by atoms with Gasteiger partial charge >= 0.3 is 0 Å². The molecule has 2 aromatic carbocycles. The van der Waals surface area contributed by atoms with E-state index in [-0.39, 0.29) is 10.8 Å². The van der Waals surface area contributed by atoms with E-state index in [0.717, 1.165) is 0 Å². The summed E-state index contributed by atoms with van der Waals surface area (Å²) in [6.07, 6.45) is 0. The first-order valence-electron chi connectivity index (χ1n) is 8.46. The number of hydrogen-bond donors (Lipinski definition) is 0. The van der Waals surface area contributed by atoms with Gasteiger partial charge in [-0.15, -0.1) is 0 Å². The zero-order chi connectivity index (χ0) is 16.4. The monoisotopic (exact) mass is 294 g/mol. The SMILES string of the molecule is CC(C)[C@](C)(c1ccccc1)[C@](C)(c1ccccc1)C(C)C. The topological polar surface area (TPSA) is 0 Å². The third kappa shape index (κ3) is 2.49. The fourth-order valence-corrected chi connectivity index (χ4v) is 4.03. The highest BCUT2D eigenvalue weighted by Crippen LogP contribution is 2.52. The van der Waals surface area contributed by atoms with Gasteiger partial charge in [-0.25, -0.2) is 0 Å². The van der Waals surface area contributed by atoms with E-state index in [2.05, 4.69) is 102 Å². The molecule has 0 heteroatoms. The van der Waals surface area contributed by atoms with Crippen LogP contribution in [-0.4, -0.2) is 0 Å². The molecule has 0 spiro atoms. The van der Waals surface area contributed by atoms with E-state index in [4.69, 9.17) is 0 Å². The molecule has 0 nitrogen and oxygen atoms in total. The molecule has 2 aromatic rings. The molecule has 118 valence electrons. The Morgan fingerprint density at radius 2 is 0.818 bits per heavy atom. The molecule has 0 saturated carbocycles. The molecule has 0 saturated heterocycles. The van der Waals surface area contributed by atoms with Crippen molar-refractivity contribution >= 4 is 0 Å². The molecule has 0 heterocycles. The molecule has 0 unspecified atom stereocenters. The first kappa shape index (κ1) is 16.8. The molecule has 0 fully saturated rings. The van der Waals surface area contributed by atoms with Crippen LogP contribution in [0.3, 0.4) is 0 Å². The van der Waals surface area contributed by atoms with Gasteiger partial charge in [0, 0.05) is 10.8 Å². The Labute approximate surface area is 136 Å². The summed E-state index contributed by atoms with van der Waals surface area (Å²) in [6, 6.07) is 22.1. The molecule has 0 radical (unpaired) electrons. The summed E-state index contributed by atoms with van der Waals surface area (Å²) in [7, 11) is 0.